The van der Waals surface area contributed by atoms with E-state index in [1.165, 1.54) is 120 Å². The predicted molar refractivity (Wildman–Crippen MR) is 313 cm³/mol. The van der Waals surface area contributed by atoms with E-state index in [-0.39, 0.29) is 5.41 Å². The molecule has 0 bridgehead atoms. The van der Waals surface area contributed by atoms with E-state index in [2.05, 4.69) is 248 Å². The highest BCUT2D eigenvalue weighted by molar-refractivity contribution is 6.29. The molecule has 74 heavy (non-hydrogen) atoms. The predicted octanol–water partition coefficient (Wildman–Crippen LogP) is 20.6. The van der Waals surface area contributed by atoms with Gasteiger partial charge in [-0.15, -0.1) is 0 Å². The van der Waals surface area contributed by atoms with Gasteiger partial charge >= 0.3 is 0 Å². The van der Waals surface area contributed by atoms with Gasteiger partial charge in [-0.2, -0.15) is 0 Å². The van der Waals surface area contributed by atoms with Crippen molar-refractivity contribution in [3.05, 3.63) is 241 Å². The third kappa shape index (κ3) is 6.52. The molecule has 15 rings (SSSR count). The van der Waals surface area contributed by atoms with Crippen molar-refractivity contribution in [3.8, 4) is 22.3 Å². The molecule has 0 amide bonds. The van der Waals surface area contributed by atoms with Crippen molar-refractivity contribution in [2.24, 2.45) is 0 Å². The Bertz CT molecular complexity index is 4310. The van der Waals surface area contributed by atoms with E-state index in [1.807, 2.05) is 0 Å². The lowest BCUT2D eigenvalue weighted by molar-refractivity contribution is 0.442. The Morgan fingerprint density at radius 2 is 0.973 bits per heavy atom. The molecule has 1 saturated carbocycles. The summed E-state index contributed by atoms with van der Waals surface area (Å²) < 4.78 is 7.40. The number of rotatable bonds is 8. The molecule has 12 aromatic carbocycles. The standard InChI is InChI=1S/C71H54N2O/c1-71(2)61-27-15-14-25-55(61)56-40-37-53(44-62(56)71)72(52-35-29-46(30-36-52)45-17-6-3-7-18-45)63-41-33-48-32-39-58-64(42-34-49-31-38-57(63)66(48)67(49)58)73(51-22-10-5-11-23-51)65-28-16-26-59-68-54-24-13-12-21-50(54)43-60(70(68)74-69(59)65)47-19-8-4-9-20-47/h3,5-7,10-18,21-44,47H,4,8-9,19-20H2,1-2H3. The summed E-state index contributed by atoms with van der Waals surface area (Å²) in [5, 5.41) is 12.3. The molecule has 2 aliphatic rings. The van der Waals surface area contributed by atoms with E-state index in [0.29, 0.717) is 5.92 Å². The molecule has 0 N–H and O–H groups in total. The highest BCUT2D eigenvalue weighted by atomic mass is 16.3. The summed E-state index contributed by atoms with van der Waals surface area (Å²) in [4.78, 5) is 4.94. The normalized spacial score (nSPS) is 14.4. The maximum absolute atomic E-state index is 7.40. The molecule has 0 unspecified atom stereocenters. The second-order valence-electron chi connectivity index (χ2n) is 21.4. The van der Waals surface area contributed by atoms with Gasteiger partial charge in [0.25, 0.3) is 0 Å². The first kappa shape index (κ1) is 43.0. The Morgan fingerprint density at radius 3 is 1.73 bits per heavy atom. The minimum atomic E-state index is -0.146. The SMILES string of the molecule is CC1(C)c2ccccc2-c2ccc(N(c3ccc(-c4ccccc4)cc3)c3ccc4ccc5c(N(c6ccccc6)c6cccc7c6oc6c(C8CCCCC8)cc8ccccc8c67)ccc6ccc3c4c65)cc21. The van der Waals surface area contributed by atoms with Crippen LogP contribution in [-0.2, 0) is 5.41 Å². The van der Waals surface area contributed by atoms with Gasteiger partial charge in [-0.1, -0.05) is 197 Å². The molecule has 2 aliphatic carbocycles. The lowest BCUT2D eigenvalue weighted by Gasteiger charge is -2.30. The van der Waals surface area contributed by atoms with Crippen molar-refractivity contribution in [3.63, 3.8) is 0 Å². The van der Waals surface area contributed by atoms with Gasteiger partial charge in [0.15, 0.2) is 5.58 Å². The smallest absolute Gasteiger partial charge is 0.159 e. The van der Waals surface area contributed by atoms with Crippen molar-refractivity contribution in [1.29, 1.82) is 0 Å². The second kappa shape index (κ2) is 16.7. The molecule has 354 valence electrons. The Morgan fingerprint density at radius 1 is 0.378 bits per heavy atom. The summed E-state index contributed by atoms with van der Waals surface area (Å²) in [5.41, 5.74) is 17.6. The Balaban J connectivity index is 0.947. The second-order valence-corrected chi connectivity index (χ2v) is 21.4. The fourth-order valence-corrected chi connectivity index (χ4v) is 13.4. The number of benzene rings is 12. The fourth-order valence-electron chi connectivity index (χ4n) is 13.4. The first-order chi connectivity index (χ1) is 36.5. The minimum absolute atomic E-state index is 0.146. The number of nitrogens with zero attached hydrogens (tertiary/aromatic N) is 2. The maximum Gasteiger partial charge on any atom is 0.159 e. The average Bonchev–Trinajstić information content (AvgIpc) is 4.02. The number of fused-ring (bicyclic) bond motifs is 8. The zero-order valence-electron chi connectivity index (χ0n) is 41.8. The summed E-state index contributed by atoms with van der Waals surface area (Å²) in [7, 11) is 0. The van der Waals surface area contributed by atoms with Gasteiger partial charge in [-0.3, -0.25) is 0 Å². The molecule has 0 saturated heterocycles. The first-order valence-electron chi connectivity index (χ1n) is 26.6. The first-order valence-corrected chi connectivity index (χ1v) is 26.6. The van der Waals surface area contributed by atoms with Crippen LogP contribution in [0.5, 0.6) is 0 Å². The van der Waals surface area contributed by atoms with E-state index in [9.17, 15) is 0 Å². The summed E-state index contributed by atoms with van der Waals surface area (Å²) in [6.07, 6.45) is 6.26. The number of hydrogen-bond donors (Lipinski definition) is 0. The molecule has 1 aromatic heterocycles. The molecule has 13 aromatic rings. The number of furan rings is 1. The third-order valence-electron chi connectivity index (χ3n) is 17.0. The molecule has 0 radical (unpaired) electrons. The van der Waals surface area contributed by atoms with Crippen LogP contribution in [0.4, 0.5) is 34.1 Å². The molecule has 3 nitrogen and oxygen atoms in total. The van der Waals surface area contributed by atoms with E-state index in [4.69, 9.17) is 4.42 Å². The van der Waals surface area contributed by atoms with Crippen molar-refractivity contribution in [2.45, 2.75) is 57.3 Å². The van der Waals surface area contributed by atoms with Crippen molar-refractivity contribution in [1.82, 2.24) is 0 Å². The van der Waals surface area contributed by atoms with Crippen LogP contribution in [0.2, 0.25) is 0 Å². The van der Waals surface area contributed by atoms with Crippen LogP contribution in [0.15, 0.2) is 229 Å². The Hall–Kier alpha value is -8.66. The molecular formula is C71H54N2O. The van der Waals surface area contributed by atoms with Gasteiger partial charge in [0.2, 0.25) is 0 Å². The molecule has 0 aliphatic heterocycles. The Kier molecular flexibility index (Phi) is 9.69. The largest absolute Gasteiger partial charge is 0.454 e. The third-order valence-corrected chi connectivity index (χ3v) is 17.0. The van der Waals surface area contributed by atoms with Gasteiger partial charge in [-0.25, -0.2) is 0 Å². The van der Waals surface area contributed by atoms with Crippen molar-refractivity contribution < 1.29 is 4.42 Å². The number of hydrogen-bond acceptors (Lipinski definition) is 3. The van der Waals surface area contributed by atoms with E-state index in [1.54, 1.807) is 0 Å². The highest BCUT2D eigenvalue weighted by Crippen LogP contribution is 2.54. The summed E-state index contributed by atoms with van der Waals surface area (Å²) >= 11 is 0. The summed E-state index contributed by atoms with van der Waals surface area (Å²) in [6, 6.07) is 83.6. The van der Waals surface area contributed by atoms with Gasteiger partial charge in [0.1, 0.15) is 5.58 Å². The van der Waals surface area contributed by atoms with Crippen molar-refractivity contribution >= 4 is 99.2 Å². The lowest BCUT2D eigenvalue weighted by atomic mass is 9.82. The zero-order chi connectivity index (χ0) is 49.1. The van der Waals surface area contributed by atoms with Gasteiger partial charge < -0.3 is 14.2 Å². The molecule has 1 fully saturated rings. The number of anilines is 6. The van der Waals surface area contributed by atoms with Crippen LogP contribution in [0, 0.1) is 0 Å². The highest BCUT2D eigenvalue weighted by Gasteiger charge is 2.36. The van der Waals surface area contributed by atoms with Crippen LogP contribution in [-0.4, -0.2) is 0 Å². The topological polar surface area (TPSA) is 19.6 Å². The van der Waals surface area contributed by atoms with Gasteiger partial charge in [0.05, 0.1) is 17.1 Å². The fraction of sp³-hybridized carbons (Fsp3) is 0.127. The molecule has 0 spiro atoms. The van der Waals surface area contributed by atoms with E-state index >= 15 is 0 Å². The molecule has 1 heterocycles. The van der Waals surface area contributed by atoms with Gasteiger partial charge in [-0.05, 0) is 151 Å². The molecule has 0 atom stereocenters. The van der Waals surface area contributed by atoms with E-state index < -0.39 is 0 Å². The molecule has 3 heteroatoms. The Labute approximate surface area is 431 Å². The summed E-state index contributed by atoms with van der Waals surface area (Å²) in [5.74, 6) is 0.490. The monoisotopic (exact) mass is 950 g/mol. The maximum atomic E-state index is 7.40. The van der Waals surface area contributed by atoms with Crippen LogP contribution < -0.4 is 9.80 Å². The van der Waals surface area contributed by atoms with Gasteiger partial charge in [0, 0.05) is 44.0 Å². The zero-order valence-corrected chi connectivity index (χ0v) is 41.8. The van der Waals surface area contributed by atoms with Crippen LogP contribution in [0.25, 0.3) is 87.3 Å². The van der Waals surface area contributed by atoms with Crippen LogP contribution in [0.3, 0.4) is 0 Å². The number of para-hydroxylation sites is 2. The lowest BCUT2D eigenvalue weighted by Crippen LogP contribution is -2.16. The average molecular weight is 951 g/mol. The molecular weight excluding hydrogens is 897 g/mol. The van der Waals surface area contributed by atoms with Crippen molar-refractivity contribution in [2.75, 3.05) is 9.80 Å². The summed E-state index contributed by atoms with van der Waals surface area (Å²) in [6.45, 7) is 4.75. The van der Waals surface area contributed by atoms with E-state index in [0.717, 1.165) is 50.7 Å². The van der Waals surface area contributed by atoms with Crippen LogP contribution >= 0.6 is 0 Å². The minimum Gasteiger partial charge on any atom is -0.454 e. The quantitative estimate of drug-likeness (QED) is 0.142. The van der Waals surface area contributed by atoms with Crippen LogP contribution in [0.1, 0.15) is 68.6 Å².